The van der Waals surface area contributed by atoms with Gasteiger partial charge in [0.15, 0.2) is 5.78 Å². The molecule has 0 aromatic carbocycles. The van der Waals surface area contributed by atoms with E-state index in [4.69, 9.17) is 0 Å². The summed E-state index contributed by atoms with van der Waals surface area (Å²) < 4.78 is 28.0. The number of fused-ring (bicyclic) bond motifs is 5. The second-order valence-corrected chi connectivity index (χ2v) is 9.88. The molecule has 1 nitrogen and oxygen atoms in total. The van der Waals surface area contributed by atoms with Crippen molar-refractivity contribution in [1.82, 2.24) is 0 Å². The zero-order chi connectivity index (χ0) is 18.0. The van der Waals surface area contributed by atoms with Gasteiger partial charge in [0.05, 0.1) is 17.5 Å². The van der Waals surface area contributed by atoms with Gasteiger partial charge in [0.1, 0.15) is 0 Å². The Morgan fingerprint density at radius 2 is 1.92 bits per heavy atom. The lowest BCUT2D eigenvalue weighted by Gasteiger charge is -2.58. The van der Waals surface area contributed by atoms with Crippen LogP contribution < -0.4 is 0 Å². The van der Waals surface area contributed by atoms with Gasteiger partial charge in [-0.1, -0.05) is 35.9 Å². The molecule has 4 rings (SSSR count). The second kappa shape index (κ2) is 5.87. The van der Waals surface area contributed by atoms with E-state index in [1.165, 1.54) is 0 Å². The largest absolute Gasteiger partial charge is 0.298 e. The molecule has 0 saturated heterocycles. The third-order valence-corrected chi connectivity index (χ3v) is 8.63. The lowest BCUT2D eigenvalue weighted by molar-refractivity contribution is -0.130. The minimum atomic E-state index is -0.419. The summed E-state index contributed by atoms with van der Waals surface area (Å²) in [6, 6.07) is 0. The smallest absolute Gasteiger partial charge is 0.152 e. The molecule has 4 heteroatoms. The Morgan fingerprint density at radius 3 is 2.60 bits per heavy atom. The van der Waals surface area contributed by atoms with Crippen molar-refractivity contribution in [3.63, 3.8) is 0 Å². The molecule has 0 N–H and O–H groups in total. The van der Waals surface area contributed by atoms with Crippen molar-refractivity contribution < 1.29 is 13.6 Å². The molecule has 0 aliphatic heterocycles. The number of carbonyl (C=O) groups excluding carboxylic acids is 1. The fourth-order valence-electron chi connectivity index (χ4n) is 6.52. The summed E-state index contributed by atoms with van der Waals surface area (Å²) in [5.74, 6) is 0.543. The van der Waals surface area contributed by atoms with Crippen LogP contribution in [0.2, 0.25) is 0 Å². The monoisotopic (exact) mass is 410 g/mol. The third kappa shape index (κ3) is 2.18. The Labute approximate surface area is 156 Å². The van der Waals surface area contributed by atoms with Crippen LogP contribution in [-0.2, 0) is 4.79 Å². The lowest BCUT2D eigenvalue weighted by Crippen LogP contribution is -2.51. The van der Waals surface area contributed by atoms with Crippen molar-refractivity contribution in [2.45, 2.75) is 57.2 Å². The molecule has 136 valence electrons. The van der Waals surface area contributed by atoms with E-state index in [2.05, 4.69) is 28.9 Å². The van der Waals surface area contributed by atoms with Crippen molar-refractivity contribution in [1.29, 1.82) is 0 Å². The van der Waals surface area contributed by atoms with E-state index >= 15 is 0 Å². The maximum atomic E-state index is 14.1. The highest BCUT2D eigenvalue weighted by Crippen LogP contribution is 2.67. The van der Waals surface area contributed by atoms with Crippen LogP contribution in [0.15, 0.2) is 35.5 Å². The highest BCUT2D eigenvalue weighted by Gasteiger charge is 2.62. The molecule has 0 heterocycles. The molecule has 0 aromatic heterocycles. The SMILES string of the molecule is C[C@]12CCCC=C1C(=CF)C(=CF)[C@@H]1[C@@H]2CC[C@]2(C)C(=O)[C@H](Br)C[C@@H]12. The zero-order valence-electron chi connectivity index (χ0n) is 14.8. The van der Waals surface area contributed by atoms with Crippen molar-refractivity contribution in [2.75, 3.05) is 0 Å². The Kier molecular flexibility index (Phi) is 4.14. The molecule has 3 saturated carbocycles. The van der Waals surface area contributed by atoms with E-state index in [1.54, 1.807) is 0 Å². The van der Waals surface area contributed by atoms with Crippen LogP contribution in [-0.4, -0.2) is 10.6 Å². The molecule has 0 radical (unpaired) electrons. The van der Waals surface area contributed by atoms with Gasteiger partial charge in [-0.15, -0.1) is 0 Å². The quantitative estimate of drug-likeness (QED) is 0.433. The molecule has 4 aliphatic rings. The van der Waals surface area contributed by atoms with Crippen molar-refractivity contribution >= 4 is 21.7 Å². The number of halogens is 3. The van der Waals surface area contributed by atoms with Crippen LogP contribution in [0, 0.1) is 28.6 Å². The van der Waals surface area contributed by atoms with Gasteiger partial charge in [0.2, 0.25) is 0 Å². The predicted molar refractivity (Wildman–Crippen MR) is 98.6 cm³/mol. The third-order valence-electron chi connectivity index (χ3n) is 7.84. The van der Waals surface area contributed by atoms with Gasteiger partial charge in [0.25, 0.3) is 0 Å². The molecule has 4 aliphatic carbocycles. The predicted octanol–water partition coefficient (Wildman–Crippen LogP) is 6.21. The lowest BCUT2D eigenvalue weighted by atomic mass is 9.45. The highest BCUT2D eigenvalue weighted by atomic mass is 79.9. The van der Waals surface area contributed by atoms with Gasteiger partial charge in [0, 0.05) is 11.0 Å². The molecule has 25 heavy (non-hydrogen) atoms. The molecular formula is C21H25BrF2O. The van der Waals surface area contributed by atoms with Crippen molar-refractivity contribution in [2.24, 2.45) is 28.6 Å². The Hall–Kier alpha value is -0.770. The molecule has 6 atom stereocenters. The maximum Gasteiger partial charge on any atom is 0.152 e. The summed E-state index contributed by atoms with van der Waals surface area (Å²) in [6.45, 7) is 4.28. The summed E-state index contributed by atoms with van der Waals surface area (Å²) in [5, 5.41) is 0. The number of carbonyl (C=O) groups is 1. The Balaban J connectivity index is 1.88. The molecular weight excluding hydrogens is 386 g/mol. The van der Waals surface area contributed by atoms with Crippen LogP contribution in [0.25, 0.3) is 0 Å². The standard InChI is InChI=1S/C21H25BrF2O/c1-20-7-4-3-5-14(20)12(10-23)13(11-24)18-15(20)6-8-21(2)16(18)9-17(22)19(21)25/h5,10-11,15-18H,3-4,6-9H2,1-2H3/t15-,16-,17+,18+,20-,21-/m0/s1. The summed E-state index contributed by atoms with van der Waals surface area (Å²) in [5.41, 5.74) is 1.40. The molecule has 0 aromatic rings. The van der Waals surface area contributed by atoms with E-state index < -0.39 is 5.41 Å². The second-order valence-electron chi connectivity index (χ2n) is 8.78. The first-order valence-corrected chi connectivity index (χ1v) is 10.3. The normalized spacial score (nSPS) is 49.6. The van der Waals surface area contributed by atoms with E-state index in [1.807, 2.05) is 6.92 Å². The van der Waals surface area contributed by atoms with E-state index in [9.17, 15) is 13.6 Å². The van der Waals surface area contributed by atoms with Crippen LogP contribution in [0.3, 0.4) is 0 Å². The molecule has 0 unspecified atom stereocenters. The molecule has 3 fully saturated rings. The highest BCUT2D eigenvalue weighted by molar-refractivity contribution is 9.10. The van der Waals surface area contributed by atoms with E-state index in [-0.39, 0.29) is 33.8 Å². The summed E-state index contributed by atoms with van der Waals surface area (Å²) in [6.07, 6.45) is 8.89. The van der Waals surface area contributed by atoms with Crippen LogP contribution in [0.5, 0.6) is 0 Å². The first kappa shape index (κ1) is 17.6. The first-order valence-electron chi connectivity index (χ1n) is 9.39. The number of ketones is 1. The molecule has 0 bridgehead atoms. The molecule has 0 spiro atoms. The minimum absolute atomic E-state index is 0.0718. The minimum Gasteiger partial charge on any atom is -0.298 e. The number of Topliss-reactive ketones (excluding diaryl/α,β-unsaturated/α-hetero) is 1. The van der Waals surface area contributed by atoms with Gasteiger partial charge in [-0.25, -0.2) is 8.78 Å². The van der Waals surface area contributed by atoms with E-state index in [0.717, 1.165) is 44.1 Å². The van der Waals surface area contributed by atoms with E-state index in [0.29, 0.717) is 23.8 Å². The number of alkyl halides is 1. The van der Waals surface area contributed by atoms with Crippen LogP contribution in [0.4, 0.5) is 8.78 Å². The van der Waals surface area contributed by atoms with Crippen molar-refractivity contribution in [3.05, 3.63) is 35.5 Å². The van der Waals surface area contributed by atoms with Crippen molar-refractivity contribution in [3.8, 4) is 0 Å². The van der Waals surface area contributed by atoms with Crippen LogP contribution >= 0.6 is 15.9 Å². The fraction of sp³-hybridized carbons (Fsp3) is 0.667. The average Bonchev–Trinajstić information content (AvgIpc) is 2.84. The number of hydrogen-bond acceptors (Lipinski definition) is 1. The van der Waals surface area contributed by atoms with Gasteiger partial charge in [-0.2, -0.15) is 0 Å². The van der Waals surface area contributed by atoms with Crippen LogP contribution in [0.1, 0.15) is 52.4 Å². The molecule has 0 amide bonds. The number of allylic oxidation sites excluding steroid dienone is 4. The summed E-state index contributed by atoms with van der Waals surface area (Å²) >= 11 is 3.54. The summed E-state index contributed by atoms with van der Waals surface area (Å²) in [7, 11) is 0. The Bertz CT molecular complexity index is 709. The Morgan fingerprint density at radius 1 is 1.16 bits per heavy atom. The van der Waals surface area contributed by atoms with Gasteiger partial charge < -0.3 is 0 Å². The number of hydrogen-bond donors (Lipinski definition) is 0. The maximum absolute atomic E-state index is 14.1. The first-order chi connectivity index (χ1) is 11.9. The topological polar surface area (TPSA) is 17.1 Å². The van der Waals surface area contributed by atoms with Gasteiger partial charge in [-0.05, 0) is 72.8 Å². The zero-order valence-corrected chi connectivity index (χ0v) is 16.4. The summed E-state index contributed by atoms with van der Waals surface area (Å²) in [4.78, 5) is 12.6. The fourth-order valence-corrected chi connectivity index (χ4v) is 7.45. The van der Waals surface area contributed by atoms with Gasteiger partial charge >= 0.3 is 0 Å². The van der Waals surface area contributed by atoms with Gasteiger partial charge in [-0.3, -0.25) is 4.79 Å². The number of rotatable bonds is 0. The average molecular weight is 411 g/mol.